The van der Waals surface area contributed by atoms with Crippen LogP contribution < -0.4 is 10.6 Å². The van der Waals surface area contributed by atoms with Crippen LogP contribution in [0, 0.1) is 0 Å². The number of benzene rings is 1. The summed E-state index contributed by atoms with van der Waals surface area (Å²) in [5.41, 5.74) is 1.45. The van der Waals surface area contributed by atoms with Crippen molar-refractivity contribution in [2.45, 2.75) is 25.4 Å². The molecule has 0 aliphatic carbocycles. The Labute approximate surface area is 155 Å². The zero-order valence-electron chi connectivity index (χ0n) is 14.7. The number of rotatable bonds is 6. The van der Waals surface area contributed by atoms with Crippen molar-refractivity contribution in [1.82, 2.24) is 25.2 Å². The van der Waals surface area contributed by atoms with Crippen LogP contribution in [0.1, 0.15) is 30.7 Å². The van der Waals surface area contributed by atoms with Gasteiger partial charge in [0.25, 0.3) is 5.89 Å². The topological polar surface area (TPSA) is 107 Å². The van der Waals surface area contributed by atoms with E-state index in [1.165, 1.54) is 0 Å². The molecule has 2 amide bonds. The molecule has 9 heteroatoms. The first-order valence-corrected chi connectivity index (χ1v) is 8.87. The number of aromatic nitrogens is 4. The molecule has 1 aliphatic heterocycles. The maximum Gasteiger partial charge on any atom is 0.319 e. The zero-order chi connectivity index (χ0) is 18.5. The molecule has 1 atom stereocenters. The minimum atomic E-state index is -0.308. The molecule has 9 nitrogen and oxygen atoms in total. The first-order valence-electron chi connectivity index (χ1n) is 8.87. The minimum Gasteiger partial charge on any atom is -0.368 e. The van der Waals surface area contributed by atoms with E-state index in [-0.39, 0.29) is 12.1 Å². The number of hydrogen-bond donors (Lipinski definition) is 2. The van der Waals surface area contributed by atoms with Crippen LogP contribution in [0.5, 0.6) is 0 Å². The van der Waals surface area contributed by atoms with Crippen LogP contribution in [-0.2, 0) is 11.2 Å². The third-order valence-corrected chi connectivity index (χ3v) is 4.23. The van der Waals surface area contributed by atoms with Crippen LogP contribution in [-0.4, -0.2) is 39.1 Å². The third kappa shape index (κ3) is 4.14. The number of anilines is 1. The number of urea groups is 1. The highest BCUT2D eigenvalue weighted by Crippen LogP contribution is 2.26. The van der Waals surface area contributed by atoms with E-state index >= 15 is 0 Å². The van der Waals surface area contributed by atoms with E-state index < -0.39 is 0 Å². The molecular formula is C18H20N6O3. The summed E-state index contributed by atoms with van der Waals surface area (Å²) in [7, 11) is 0. The number of amides is 2. The third-order valence-electron chi connectivity index (χ3n) is 4.23. The molecule has 4 rings (SSSR count). The molecule has 1 aliphatic rings. The summed E-state index contributed by atoms with van der Waals surface area (Å²) < 4.78 is 12.5. The van der Waals surface area contributed by atoms with Gasteiger partial charge in [-0.1, -0.05) is 17.3 Å². The van der Waals surface area contributed by atoms with E-state index in [2.05, 4.69) is 25.9 Å². The molecule has 2 N–H and O–H groups in total. The second-order valence-electron chi connectivity index (χ2n) is 6.15. The van der Waals surface area contributed by atoms with Gasteiger partial charge in [-0.3, -0.25) is 0 Å². The average molecular weight is 368 g/mol. The fraction of sp³-hybridized carbons (Fsp3) is 0.333. The van der Waals surface area contributed by atoms with Crippen molar-refractivity contribution in [3.05, 3.63) is 54.4 Å². The Bertz CT molecular complexity index is 886. The van der Waals surface area contributed by atoms with Gasteiger partial charge in [-0.15, -0.1) is 0 Å². The molecule has 0 saturated carbocycles. The molecule has 27 heavy (non-hydrogen) atoms. The lowest BCUT2D eigenvalue weighted by Gasteiger charge is -2.11. The minimum absolute atomic E-state index is 0.0960. The summed E-state index contributed by atoms with van der Waals surface area (Å²) >= 11 is 0. The Morgan fingerprint density at radius 1 is 1.30 bits per heavy atom. The smallest absolute Gasteiger partial charge is 0.319 e. The van der Waals surface area contributed by atoms with Crippen LogP contribution >= 0.6 is 0 Å². The monoisotopic (exact) mass is 368 g/mol. The van der Waals surface area contributed by atoms with Crippen molar-refractivity contribution in [2.75, 3.05) is 18.5 Å². The number of hydrogen-bond acceptors (Lipinski definition) is 6. The maximum atomic E-state index is 12.2. The van der Waals surface area contributed by atoms with Crippen molar-refractivity contribution < 1.29 is 14.1 Å². The standard InChI is InChI=1S/C18H20N6O3/c25-18(21-13-5-1-2-6-14(13)24-11-4-9-20-24)19-10-8-16-22-17(27-23-16)15-7-3-12-26-15/h1-2,4-6,9,11,15H,3,7-8,10,12H2,(H2,19,21,25). The summed E-state index contributed by atoms with van der Waals surface area (Å²) in [5.74, 6) is 1.07. The van der Waals surface area contributed by atoms with Crippen molar-refractivity contribution in [3.63, 3.8) is 0 Å². The molecule has 3 heterocycles. The molecule has 3 aromatic rings. The summed E-state index contributed by atoms with van der Waals surface area (Å²) in [5, 5.41) is 13.8. The largest absolute Gasteiger partial charge is 0.368 e. The fourth-order valence-electron chi connectivity index (χ4n) is 2.92. The van der Waals surface area contributed by atoms with E-state index in [1.807, 2.05) is 36.5 Å². The Hall–Kier alpha value is -3.20. The Kier molecular flexibility index (Phi) is 5.10. The van der Waals surface area contributed by atoms with Gasteiger partial charge in [-0.25, -0.2) is 9.48 Å². The van der Waals surface area contributed by atoms with Crippen molar-refractivity contribution in [3.8, 4) is 5.69 Å². The average Bonchev–Trinajstić information content (AvgIpc) is 3.44. The number of nitrogens with zero attached hydrogens (tertiary/aromatic N) is 4. The quantitative estimate of drug-likeness (QED) is 0.692. The van der Waals surface area contributed by atoms with Gasteiger partial charge in [-0.05, 0) is 31.0 Å². The molecule has 0 spiro atoms. The number of nitrogens with one attached hydrogen (secondary N) is 2. The normalized spacial score (nSPS) is 16.4. The highest BCUT2D eigenvalue weighted by Gasteiger charge is 2.23. The maximum absolute atomic E-state index is 12.2. The van der Waals surface area contributed by atoms with Crippen LogP contribution in [0.25, 0.3) is 5.69 Å². The number of carbonyl (C=O) groups is 1. The van der Waals surface area contributed by atoms with Crippen molar-refractivity contribution >= 4 is 11.7 Å². The van der Waals surface area contributed by atoms with Crippen LogP contribution in [0.15, 0.2) is 47.2 Å². The second-order valence-corrected chi connectivity index (χ2v) is 6.15. The summed E-state index contributed by atoms with van der Waals surface area (Å²) in [4.78, 5) is 16.5. The summed E-state index contributed by atoms with van der Waals surface area (Å²) in [6.07, 6.45) is 5.79. The van der Waals surface area contributed by atoms with Gasteiger partial charge in [0.15, 0.2) is 5.82 Å². The summed E-state index contributed by atoms with van der Waals surface area (Å²) in [6.45, 7) is 1.12. The van der Waals surface area contributed by atoms with Gasteiger partial charge in [0.1, 0.15) is 6.10 Å². The first-order chi connectivity index (χ1) is 13.3. The first kappa shape index (κ1) is 17.2. The molecule has 1 saturated heterocycles. The predicted molar refractivity (Wildman–Crippen MR) is 96.5 cm³/mol. The van der Waals surface area contributed by atoms with Crippen molar-refractivity contribution in [2.24, 2.45) is 0 Å². The van der Waals surface area contributed by atoms with E-state index in [9.17, 15) is 4.79 Å². The van der Waals surface area contributed by atoms with Gasteiger partial charge >= 0.3 is 6.03 Å². The summed E-state index contributed by atoms with van der Waals surface area (Å²) in [6, 6.07) is 8.97. The molecule has 1 unspecified atom stereocenters. The van der Waals surface area contributed by atoms with E-state index in [1.54, 1.807) is 10.9 Å². The lowest BCUT2D eigenvalue weighted by molar-refractivity contribution is 0.0835. The van der Waals surface area contributed by atoms with Crippen molar-refractivity contribution in [1.29, 1.82) is 0 Å². The van der Waals surface area contributed by atoms with Crippen LogP contribution in [0.3, 0.4) is 0 Å². The number of para-hydroxylation sites is 2. The van der Waals surface area contributed by atoms with Gasteiger partial charge in [0.2, 0.25) is 0 Å². The lowest BCUT2D eigenvalue weighted by atomic mass is 10.2. The molecule has 140 valence electrons. The van der Waals surface area contributed by atoms with Gasteiger partial charge in [-0.2, -0.15) is 10.1 Å². The van der Waals surface area contributed by atoms with Gasteiger partial charge in [0.05, 0.1) is 11.4 Å². The highest BCUT2D eigenvalue weighted by molar-refractivity contribution is 5.91. The van der Waals surface area contributed by atoms with Gasteiger partial charge in [0, 0.05) is 32.0 Å². The van der Waals surface area contributed by atoms with E-state index in [0.717, 1.165) is 25.1 Å². The number of carbonyl (C=O) groups excluding carboxylic acids is 1. The zero-order valence-corrected chi connectivity index (χ0v) is 14.7. The molecule has 0 bridgehead atoms. The molecule has 1 aromatic carbocycles. The van der Waals surface area contributed by atoms with E-state index in [4.69, 9.17) is 9.26 Å². The molecule has 1 fully saturated rings. The molecule has 2 aromatic heterocycles. The highest BCUT2D eigenvalue weighted by atomic mass is 16.5. The lowest BCUT2D eigenvalue weighted by Crippen LogP contribution is -2.31. The second kappa shape index (κ2) is 8.00. The SMILES string of the molecule is O=C(NCCc1noc(C2CCCO2)n1)Nc1ccccc1-n1cccn1. The molecular weight excluding hydrogens is 348 g/mol. The Morgan fingerprint density at radius 3 is 3.04 bits per heavy atom. The molecule has 0 radical (unpaired) electrons. The Balaban J connectivity index is 1.29. The van der Waals surface area contributed by atoms with Gasteiger partial charge < -0.3 is 19.9 Å². The van der Waals surface area contributed by atoms with Crippen LogP contribution in [0.2, 0.25) is 0 Å². The predicted octanol–water partition coefficient (Wildman–Crippen LogP) is 2.47. The fourth-order valence-corrected chi connectivity index (χ4v) is 2.92. The van der Waals surface area contributed by atoms with Crippen LogP contribution in [0.4, 0.5) is 10.5 Å². The van der Waals surface area contributed by atoms with E-state index in [0.29, 0.717) is 30.4 Å². The Morgan fingerprint density at radius 2 is 2.22 bits per heavy atom. The number of ether oxygens (including phenoxy) is 1.